The van der Waals surface area contributed by atoms with Crippen molar-refractivity contribution >= 4 is 45.2 Å². The Bertz CT molecular complexity index is 335. The molecule has 0 atom stereocenters. The molecule has 0 amide bonds. The molecule has 0 unspecified atom stereocenters. The molecule has 1 aliphatic rings. The molecule has 4 heteroatoms. The van der Waals surface area contributed by atoms with Gasteiger partial charge in [0.1, 0.15) is 12.0 Å². The van der Waals surface area contributed by atoms with Crippen LogP contribution >= 0.6 is 27.5 Å². The van der Waals surface area contributed by atoms with Crippen molar-refractivity contribution in [3.05, 3.63) is 21.6 Å². The lowest BCUT2D eigenvalue weighted by Crippen LogP contribution is -1.86. The van der Waals surface area contributed by atoms with E-state index in [-0.39, 0.29) is 0 Å². The quantitative estimate of drug-likeness (QED) is 0.655. The zero-order valence-corrected chi connectivity index (χ0v) is 7.72. The summed E-state index contributed by atoms with van der Waals surface area (Å²) in [4.78, 5) is 4.00. The van der Waals surface area contributed by atoms with E-state index in [1.165, 1.54) is 6.34 Å². The Balaban J connectivity index is 2.67. The Morgan fingerprint density at radius 2 is 2.18 bits per heavy atom. The third-order valence-electron chi connectivity index (χ3n) is 1.43. The van der Waals surface area contributed by atoms with Gasteiger partial charge in [-0.05, 0) is 28.1 Å². The minimum atomic E-state index is 0.625. The van der Waals surface area contributed by atoms with E-state index in [0.29, 0.717) is 5.02 Å². The second-order valence-electron chi connectivity index (χ2n) is 2.10. The minimum Gasteiger partial charge on any atom is -0.235 e. The lowest BCUT2D eigenvalue weighted by molar-refractivity contribution is 1.35. The number of nitrogens with zero attached hydrogens (tertiary/aromatic N) is 2. The van der Waals surface area contributed by atoms with Gasteiger partial charge >= 0.3 is 0 Å². The molecule has 0 spiro atoms. The van der Waals surface area contributed by atoms with Crippen molar-refractivity contribution in [3.63, 3.8) is 0 Å². The fourth-order valence-electron chi connectivity index (χ4n) is 0.906. The van der Waals surface area contributed by atoms with Gasteiger partial charge in [0.15, 0.2) is 0 Å². The molecule has 0 bridgehead atoms. The first-order valence-corrected chi connectivity index (χ1v) is 4.17. The maximum absolute atomic E-state index is 5.92. The number of halogens is 2. The molecule has 1 heterocycles. The zero-order valence-electron chi connectivity index (χ0n) is 5.38. The summed E-state index contributed by atoms with van der Waals surface area (Å²) in [5.41, 5.74) is 1.58. The Labute approximate surface area is 77.4 Å². The summed E-state index contributed by atoms with van der Waals surface area (Å²) in [7, 11) is 0. The predicted octanol–water partition coefficient (Wildman–Crippen LogP) is 3.01. The van der Waals surface area contributed by atoms with E-state index in [9.17, 15) is 0 Å². The van der Waals surface area contributed by atoms with Crippen LogP contribution in [0.1, 0.15) is 0 Å². The second-order valence-corrected chi connectivity index (χ2v) is 3.34. The van der Waals surface area contributed by atoms with Crippen LogP contribution in [0.3, 0.4) is 0 Å². The van der Waals surface area contributed by atoms with Crippen molar-refractivity contribution in [2.75, 3.05) is 0 Å². The van der Waals surface area contributed by atoms with Crippen molar-refractivity contribution in [1.29, 1.82) is 0 Å². The number of aliphatic imine (C=N–C) groups is 1. The van der Waals surface area contributed by atoms with Crippen molar-refractivity contribution < 1.29 is 0 Å². The lowest BCUT2D eigenvalue weighted by Gasteiger charge is -2.00. The first kappa shape index (κ1) is 7.13. The molecule has 1 aromatic rings. The van der Waals surface area contributed by atoms with E-state index >= 15 is 0 Å². The van der Waals surface area contributed by atoms with Gasteiger partial charge in [-0.3, -0.25) is 0 Å². The smallest absolute Gasteiger partial charge is 0.116 e. The molecule has 11 heavy (non-hydrogen) atoms. The summed E-state index contributed by atoms with van der Waals surface area (Å²) in [6, 6.07) is 3.73. The molecule has 0 fully saturated rings. The van der Waals surface area contributed by atoms with Crippen LogP contribution in [0.5, 0.6) is 0 Å². The van der Waals surface area contributed by atoms with Gasteiger partial charge < -0.3 is 0 Å². The molecular weight excluding hydrogens is 227 g/mol. The molecule has 1 aliphatic heterocycles. The maximum Gasteiger partial charge on any atom is 0.116 e. The molecule has 0 aliphatic carbocycles. The SMILES string of the molecule is Clc1c(Br)ccc2c1[N]C=N2. The summed E-state index contributed by atoms with van der Waals surface area (Å²) in [6.07, 6.45) is 1.50. The van der Waals surface area contributed by atoms with Gasteiger partial charge in [-0.1, -0.05) is 11.6 Å². The molecule has 55 valence electrons. The predicted molar refractivity (Wildman–Crippen MR) is 49.1 cm³/mol. The van der Waals surface area contributed by atoms with Gasteiger partial charge in [-0.25, -0.2) is 10.3 Å². The fourth-order valence-corrected chi connectivity index (χ4v) is 1.43. The van der Waals surface area contributed by atoms with Gasteiger partial charge in [0.25, 0.3) is 0 Å². The molecule has 1 radical (unpaired) electrons. The monoisotopic (exact) mass is 229 g/mol. The largest absolute Gasteiger partial charge is 0.235 e. The highest BCUT2D eigenvalue weighted by Gasteiger charge is 2.13. The van der Waals surface area contributed by atoms with E-state index in [0.717, 1.165) is 15.8 Å². The normalized spacial score (nSPS) is 12.9. The van der Waals surface area contributed by atoms with Gasteiger partial charge in [0.2, 0.25) is 0 Å². The maximum atomic E-state index is 5.92. The Kier molecular flexibility index (Phi) is 1.62. The summed E-state index contributed by atoms with van der Waals surface area (Å²) in [5.74, 6) is 0. The van der Waals surface area contributed by atoms with Crippen molar-refractivity contribution in [2.24, 2.45) is 4.99 Å². The minimum absolute atomic E-state index is 0.625. The molecule has 0 aromatic heterocycles. The number of fused-ring (bicyclic) bond motifs is 1. The van der Waals surface area contributed by atoms with Crippen LogP contribution < -0.4 is 5.32 Å². The molecule has 2 nitrogen and oxygen atoms in total. The van der Waals surface area contributed by atoms with Crippen molar-refractivity contribution in [1.82, 2.24) is 5.32 Å². The summed E-state index contributed by atoms with van der Waals surface area (Å²) < 4.78 is 0.854. The van der Waals surface area contributed by atoms with Crippen LogP contribution in [0.25, 0.3) is 0 Å². The number of rotatable bonds is 0. The first-order valence-electron chi connectivity index (χ1n) is 3.00. The average molecular weight is 230 g/mol. The van der Waals surface area contributed by atoms with Crippen LogP contribution in [-0.2, 0) is 0 Å². The Hall–Kier alpha value is -0.540. The number of benzene rings is 1. The summed E-state index contributed by atoms with van der Waals surface area (Å²) in [6.45, 7) is 0. The summed E-state index contributed by atoms with van der Waals surface area (Å²) in [5, 5.41) is 4.63. The number of hydrogen-bond acceptors (Lipinski definition) is 1. The van der Waals surface area contributed by atoms with Gasteiger partial charge in [0.05, 0.1) is 10.7 Å². The molecule has 2 rings (SSSR count). The van der Waals surface area contributed by atoms with Crippen LogP contribution in [0.4, 0.5) is 11.4 Å². The van der Waals surface area contributed by atoms with E-state index in [2.05, 4.69) is 26.2 Å². The van der Waals surface area contributed by atoms with E-state index in [4.69, 9.17) is 11.6 Å². The van der Waals surface area contributed by atoms with Crippen LogP contribution in [0.2, 0.25) is 5.02 Å². The van der Waals surface area contributed by atoms with Gasteiger partial charge in [-0.2, -0.15) is 0 Å². The standard InChI is InChI=1S/C7H3BrClN2/c8-4-1-2-5-7(6(4)9)11-3-10-5/h1-3H. The summed E-state index contributed by atoms with van der Waals surface area (Å²) >= 11 is 9.22. The van der Waals surface area contributed by atoms with E-state index in [1.54, 1.807) is 0 Å². The molecule has 0 saturated carbocycles. The molecular formula is C7H3BrClN2. The topological polar surface area (TPSA) is 26.5 Å². The average Bonchev–Trinajstić information content (AvgIpc) is 2.45. The first-order chi connectivity index (χ1) is 5.29. The molecule has 0 N–H and O–H groups in total. The molecule has 0 saturated heterocycles. The zero-order chi connectivity index (χ0) is 7.84. The van der Waals surface area contributed by atoms with E-state index in [1.807, 2.05) is 12.1 Å². The molecule has 1 aromatic carbocycles. The van der Waals surface area contributed by atoms with Gasteiger partial charge in [-0.15, -0.1) is 0 Å². The third kappa shape index (κ3) is 1.04. The van der Waals surface area contributed by atoms with Gasteiger partial charge in [0, 0.05) is 4.47 Å². The third-order valence-corrected chi connectivity index (χ3v) is 2.70. The highest BCUT2D eigenvalue weighted by molar-refractivity contribution is 9.10. The van der Waals surface area contributed by atoms with Crippen LogP contribution in [0.15, 0.2) is 21.6 Å². The highest BCUT2D eigenvalue weighted by Crippen LogP contribution is 2.39. The van der Waals surface area contributed by atoms with Crippen molar-refractivity contribution in [2.45, 2.75) is 0 Å². The Morgan fingerprint density at radius 1 is 1.36 bits per heavy atom. The van der Waals surface area contributed by atoms with Crippen molar-refractivity contribution in [3.8, 4) is 0 Å². The van der Waals surface area contributed by atoms with Crippen LogP contribution in [0, 0.1) is 0 Å². The number of hydrogen-bond donors (Lipinski definition) is 0. The second kappa shape index (κ2) is 2.50. The fraction of sp³-hybridized carbons (Fsp3) is 0. The van der Waals surface area contributed by atoms with E-state index < -0.39 is 0 Å². The lowest BCUT2D eigenvalue weighted by atomic mass is 10.3. The van der Waals surface area contributed by atoms with Crippen LogP contribution in [-0.4, -0.2) is 6.34 Å². The highest BCUT2D eigenvalue weighted by atomic mass is 79.9. The Morgan fingerprint density at radius 3 is 3.00 bits per heavy atom.